The number of guanidine groups is 1. The van der Waals surface area contributed by atoms with Gasteiger partial charge in [-0.3, -0.25) is 0 Å². The quantitative estimate of drug-likeness (QED) is 0.345. The Kier molecular flexibility index (Phi) is 8.97. The van der Waals surface area contributed by atoms with E-state index in [4.69, 9.17) is 14.5 Å². The van der Waals surface area contributed by atoms with Crippen molar-refractivity contribution in [3.63, 3.8) is 0 Å². The molecule has 0 spiro atoms. The van der Waals surface area contributed by atoms with Crippen LogP contribution in [0.4, 0.5) is 0 Å². The second kappa shape index (κ2) is 11.2. The molecule has 1 atom stereocenters. The number of aromatic nitrogens is 3. The second-order valence-corrected chi connectivity index (χ2v) is 6.61. The monoisotopic (exact) mass is 500 g/mol. The van der Waals surface area contributed by atoms with Crippen molar-refractivity contribution in [3.8, 4) is 5.75 Å². The van der Waals surface area contributed by atoms with Crippen molar-refractivity contribution in [2.45, 2.75) is 39.0 Å². The van der Waals surface area contributed by atoms with Gasteiger partial charge in [-0.1, -0.05) is 12.1 Å². The first kappa shape index (κ1) is 22.4. The van der Waals surface area contributed by atoms with E-state index in [2.05, 4.69) is 20.8 Å². The molecule has 1 aromatic carbocycles. The zero-order valence-electron chi connectivity index (χ0n) is 16.6. The number of hydrogen-bond donors (Lipinski definition) is 2. The summed E-state index contributed by atoms with van der Waals surface area (Å²) < 4.78 is 12.9. The van der Waals surface area contributed by atoms with Crippen molar-refractivity contribution in [2.24, 2.45) is 12.0 Å². The van der Waals surface area contributed by atoms with Gasteiger partial charge in [0.2, 0.25) is 0 Å². The lowest BCUT2D eigenvalue weighted by Gasteiger charge is -2.15. The largest absolute Gasteiger partial charge is 0.497 e. The van der Waals surface area contributed by atoms with Gasteiger partial charge in [0.1, 0.15) is 11.6 Å². The molecule has 0 bridgehead atoms. The molecule has 0 radical (unpaired) electrons. The summed E-state index contributed by atoms with van der Waals surface area (Å²) in [4.78, 5) is 4.71. The van der Waals surface area contributed by atoms with E-state index in [1.54, 1.807) is 7.11 Å². The Balaban J connectivity index is 0.00000280. The minimum absolute atomic E-state index is 0. The summed E-state index contributed by atoms with van der Waals surface area (Å²) in [5.74, 6) is 3.31. The predicted octanol–water partition coefficient (Wildman–Crippen LogP) is 2.16. The molecule has 8 nitrogen and oxygen atoms in total. The van der Waals surface area contributed by atoms with Gasteiger partial charge in [-0.15, -0.1) is 34.2 Å². The van der Waals surface area contributed by atoms with Crippen molar-refractivity contribution >= 4 is 29.9 Å². The first-order valence-electron chi connectivity index (χ1n) is 9.27. The summed E-state index contributed by atoms with van der Waals surface area (Å²) in [5, 5.41) is 15.0. The highest BCUT2D eigenvalue weighted by atomic mass is 127. The molecular formula is C19H29IN6O2. The van der Waals surface area contributed by atoms with Crippen LogP contribution in [0.3, 0.4) is 0 Å². The molecule has 2 aromatic rings. The zero-order valence-corrected chi connectivity index (χ0v) is 19.0. The average molecular weight is 500 g/mol. The maximum absolute atomic E-state index is 5.69. The molecule has 1 fully saturated rings. The van der Waals surface area contributed by atoms with Crippen molar-refractivity contribution in [1.82, 2.24) is 25.4 Å². The van der Waals surface area contributed by atoms with Gasteiger partial charge < -0.3 is 24.7 Å². The van der Waals surface area contributed by atoms with E-state index in [0.29, 0.717) is 13.1 Å². The van der Waals surface area contributed by atoms with E-state index in [1.807, 2.05) is 42.8 Å². The number of aliphatic imine (C=N–C) groups is 1. The fourth-order valence-electron chi connectivity index (χ4n) is 2.90. The first-order chi connectivity index (χ1) is 13.2. The summed E-state index contributed by atoms with van der Waals surface area (Å²) >= 11 is 0. The topological polar surface area (TPSA) is 85.6 Å². The Hall–Kier alpha value is -1.88. The maximum atomic E-state index is 5.69. The molecule has 3 rings (SSSR count). The van der Waals surface area contributed by atoms with Crippen LogP contribution in [0.15, 0.2) is 29.3 Å². The number of methoxy groups -OCH3 is 1. The number of nitrogens with zero attached hydrogens (tertiary/aromatic N) is 4. The van der Waals surface area contributed by atoms with E-state index in [0.717, 1.165) is 54.9 Å². The Morgan fingerprint density at radius 2 is 2.21 bits per heavy atom. The molecule has 0 saturated carbocycles. The third kappa shape index (κ3) is 6.33. The molecule has 154 valence electrons. The van der Waals surface area contributed by atoms with Crippen LogP contribution in [0.2, 0.25) is 0 Å². The molecule has 1 aromatic heterocycles. The number of aryl methyl sites for hydroxylation is 1. The average Bonchev–Trinajstić information content (AvgIpc) is 3.32. The molecule has 1 aliphatic rings. The van der Waals surface area contributed by atoms with Gasteiger partial charge in [0.15, 0.2) is 11.8 Å². The van der Waals surface area contributed by atoms with E-state index in [1.165, 1.54) is 0 Å². The van der Waals surface area contributed by atoms with Crippen LogP contribution < -0.4 is 15.4 Å². The lowest BCUT2D eigenvalue weighted by molar-refractivity contribution is 0.113. The SMILES string of the molecule is COc1cccc(CN=C(NCc2nnc(C)n2C)NCC2CCCO2)c1.I. The van der Waals surface area contributed by atoms with Crippen molar-refractivity contribution < 1.29 is 9.47 Å². The Labute approximate surface area is 183 Å². The number of halogens is 1. The molecule has 28 heavy (non-hydrogen) atoms. The van der Waals surface area contributed by atoms with Crippen molar-refractivity contribution in [1.29, 1.82) is 0 Å². The van der Waals surface area contributed by atoms with Crippen molar-refractivity contribution in [3.05, 3.63) is 41.5 Å². The van der Waals surface area contributed by atoms with Crippen LogP contribution in [-0.4, -0.2) is 47.1 Å². The normalized spacial score (nSPS) is 16.5. The van der Waals surface area contributed by atoms with Gasteiger partial charge in [0.05, 0.1) is 26.3 Å². The number of nitrogens with one attached hydrogen (secondary N) is 2. The fourth-order valence-corrected chi connectivity index (χ4v) is 2.90. The molecule has 2 heterocycles. The highest BCUT2D eigenvalue weighted by Crippen LogP contribution is 2.13. The summed E-state index contributed by atoms with van der Waals surface area (Å²) in [7, 11) is 3.63. The van der Waals surface area contributed by atoms with Crippen LogP contribution in [0.5, 0.6) is 5.75 Å². The van der Waals surface area contributed by atoms with Gasteiger partial charge in [0, 0.05) is 20.2 Å². The van der Waals surface area contributed by atoms with E-state index < -0.39 is 0 Å². The molecule has 0 aliphatic carbocycles. The van der Waals surface area contributed by atoms with Crippen molar-refractivity contribution in [2.75, 3.05) is 20.3 Å². The molecule has 0 amide bonds. The van der Waals surface area contributed by atoms with Gasteiger partial charge in [-0.05, 0) is 37.5 Å². The molecule has 9 heteroatoms. The van der Waals surface area contributed by atoms with E-state index in [-0.39, 0.29) is 30.1 Å². The number of rotatable bonds is 7. The summed E-state index contributed by atoms with van der Waals surface area (Å²) in [6, 6.07) is 7.93. The smallest absolute Gasteiger partial charge is 0.192 e. The van der Waals surface area contributed by atoms with Crippen LogP contribution >= 0.6 is 24.0 Å². The fraction of sp³-hybridized carbons (Fsp3) is 0.526. The maximum Gasteiger partial charge on any atom is 0.192 e. The Morgan fingerprint density at radius 1 is 1.36 bits per heavy atom. The number of benzene rings is 1. The molecule has 1 unspecified atom stereocenters. The molecule has 2 N–H and O–H groups in total. The highest BCUT2D eigenvalue weighted by molar-refractivity contribution is 14.0. The summed E-state index contributed by atoms with van der Waals surface area (Å²) in [6.45, 7) is 4.61. The van der Waals surface area contributed by atoms with E-state index in [9.17, 15) is 0 Å². The lowest BCUT2D eigenvalue weighted by atomic mass is 10.2. The predicted molar refractivity (Wildman–Crippen MR) is 119 cm³/mol. The molecule has 1 saturated heterocycles. The summed E-state index contributed by atoms with van der Waals surface area (Å²) in [5.41, 5.74) is 1.09. The van der Waals surface area contributed by atoms with Gasteiger partial charge >= 0.3 is 0 Å². The third-order valence-corrected chi connectivity index (χ3v) is 4.67. The van der Waals surface area contributed by atoms with E-state index >= 15 is 0 Å². The molecule has 1 aliphatic heterocycles. The Morgan fingerprint density at radius 3 is 2.89 bits per heavy atom. The lowest BCUT2D eigenvalue weighted by Crippen LogP contribution is -2.41. The second-order valence-electron chi connectivity index (χ2n) is 6.61. The third-order valence-electron chi connectivity index (χ3n) is 4.67. The minimum atomic E-state index is 0. The first-order valence-corrected chi connectivity index (χ1v) is 9.27. The van der Waals surface area contributed by atoms with Crippen LogP contribution in [0.1, 0.15) is 30.1 Å². The molecular weight excluding hydrogens is 471 g/mol. The highest BCUT2D eigenvalue weighted by Gasteiger charge is 2.16. The van der Waals surface area contributed by atoms with Crippen LogP contribution in [0.25, 0.3) is 0 Å². The van der Waals surface area contributed by atoms with Crippen LogP contribution in [-0.2, 0) is 24.9 Å². The van der Waals surface area contributed by atoms with Gasteiger partial charge in [-0.25, -0.2) is 4.99 Å². The number of ether oxygens (including phenoxy) is 2. The summed E-state index contributed by atoms with van der Waals surface area (Å²) in [6.07, 6.45) is 2.44. The minimum Gasteiger partial charge on any atom is -0.497 e. The zero-order chi connectivity index (χ0) is 19.1. The Bertz CT molecular complexity index is 774. The van der Waals surface area contributed by atoms with Gasteiger partial charge in [0.25, 0.3) is 0 Å². The standard InChI is InChI=1S/C19H28N6O2.HI/c1-14-23-24-18(25(14)2)13-22-19(21-12-17-8-5-9-27-17)20-11-15-6-4-7-16(10-15)26-3;/h4,6-7,10,17H,5,8-9,11-13H2,1-3H3,(H2,20,21,22);1H. The number of hydrogen-bond acceptors (Lipinski definition) is 5. The van der Waals surface area contributed by atoms with Gasteiger partial charge in [-0.2, -0.15) is 0 Å². The van der Waals surface area contributed by atoms with Crippen LogP contribution in [0, 0.1) is 6.92 Å².